The lowest BCUT2D eigenvalue weighted by Gasteiger charge is -2.21. The average molecular weight is 735 g/mol. The van der Waals surface area contributed by atoms with Gasteiger partial charge in [0.1, 0.15) is 0 Å². The van der Waals surface area contributed by atoms with Crippen molar-refractivity contribution in [3.63, 3.8) is 0 Å². The predicted molar refractivity (Wildman–Crippen MR) is 222 cm³/mol. The molecule has 0 fully saturated rings. The van der Waals surface area contributed by atoms with E-state index in [0.29, 0.717) is 33.4 Å². The number of aromatic nitrogens is 4. The van der Waals surface area contributed by atoms with Gasteiger partial charge in [0, 0.05) is 84.5 Å². The molecule has 1 aromatic carbocycles. The van der Waals surface area contributed by atoms with E-state index < -0.39 is 11.8 Å². The minimum atomic E-state index is -0.804. The molecule has 0 aromatic heterocycles. The Kier molecular flexibility index (Phi) is 8.27. The highest BCUT2D eigenvalue weighted by atomic mass is 16.1. The van der Waals surface area contributed by atoms with Gasteiger partial charge in [-0.1, -0.05) is 121 Å². The van der Waals surface area contributed by atoms with E-state index in [4.69, 9.17) is 0 Å². The fourth-order valence-corrected chi connectivity index (χ4v) is 8.84. The van der Waals surface area contributed by atoms with Crippen molar-refractivity contribution in [1.29, 1.82) is 0 Å². The monoisotopic (exact) mass is 734 g/mol. The molecule has 0 radical (unpaired) electrons. The Labute approximate surface area is 322 Å². The maximum atomic E-state index is 14.6. The molecule has 0 amide bonds. The summed E-state index contributed by atoms with van der Waals surface area (Å²) < 4.78 is 6.55. The van der Waals surface area contributed by atoms with E-state index in [1.54, 1.807) is 46.5 Å². The minimum absolute atomic E-state index is 0.207. The van der Waals surface area contributed by atoms with Crippen molar-refractivity contribution in [2.75, 3.05) is 0 Å². The van der Waals surface area contributed by atoms with Gasteiger partial charge in [0.05, 0.1) is 22.8 Å². The SMILES string of the molecule is Cn1c2cccccc-2c(C(c2cccc(C(c3c4cccccc-4n(C)c3=O)c3c4cccccc-4n(C)c3=O)c2)c2c3cccccc-3n(C)c2=O)c1=O. The molecule has 0 N–H and O–H groups in total. The van der Waals surface area contributed by atoms with Crippen LogP contribution in [0.2, 0.25) is 0 Å². The van der Waals surface area contributed by atoms with Crippen LogP contribution in [0, 0.1) is 0 Å². The second-order valence-electron chi connectivity index (χ2n) is 14.5. The number of rotatable bonds is 6. The highest BCUT2D eigenvalue weighted by Crippen LogP contribution is 2.44. The van der Waals surface area contributed by atoms with Crippen molar-refractivity contribution in [2.24, 2.45) is 28.2 Å². The minimum Gasteiger partial charge on any atom is -0.311 e. The Hall–Kier alpha value is -7.06. The van der Waals surface area contributed by atoms with E-state index in [2.05, 4.69) is 0 Å². The summed E-state index contributed by atoms with van der Waals surface area (Å²) in [5.74, 6) is -1.61. The van der Waals surface area contributed by atoms with Gasteiger partial charge in [0.15, 0.2) is 0 Å². The molecule has 0 unspecified atom stereocenters. The summed E-state index contributed by atoms with van der Waals surface area (Å²) in [4.78, 5) is 58.3. The molecule has 4 aliphatic heterocycles. The number of fused-ring (bicyclic) bond motifs is 4. The molecule has 4 heterocycles. The Bertz CT molecular complexity index is 2700. The summed E-state index contributed by atoms with van der Waals surface area (Å²) in [6.45, 7) is 0. The average Bonchev–Trinajstić information content (AvgIpc) is 3.54. The first kappa shape index (κ1) is 34.7. The molecule has 4 aliphatic carbocycles. The molecule has 0 atom stereocenters. The maximum Gasteiger partial charge on any atom is 0.255 e. The lowest BCUT2D eigenvalue weighted by Crippen LogP contribution is -2.25. The van der Waals surface area contributed by atoms with Crippen molar-refractivity contribution in [3.05, 3.63) is 220 Å². The third kappa shape index (κ3) is 5.13. The van der Waals surface area contributed by atoms with Gasteiger partial charge >= 0.3 is 0 Å². The fourth-order valence-electron chi connectivity index (χ4n) is 8.84. The fraction of sp³-hybridized carbons (Fsp3) is 0.125. The van der Waals surface area contributed by atoms with Crippen LogP contribution in [0.1, 0.15) is 45.2 Å². The molecule has 1 aromatic rings. The quantitative estimate of drug-likeness (QED) is 0.180. The Morgan fingerprint density at radius 2 is 0.571 bits per heavy atom. The van der Waals surface area contributed by atoms with Crippen LogP contribution in [0.4, 0.5) is 0 Å². The highest BCUT2D eigenvalue weighted by Gasteiger charge is 2.37. The zero-order valence-corrected chi connectivity index (χ0v) is 31.4. The number of benzene rings is 1. The van der Waals surface area contributed by atoms with Gasteiger partial charge in [-0.15, -0.1) is 0 Å². The van der Waals surface area contributed by atoms with Crippen LogP contribution >= 0.6 is 0 Å². The molecular formula is C48H38N4O4. The molecule has 0 saturated heterocycles. The third-order valence-corrected chi connectivity index (χ3v) is 11.5. The molecule has 0 saturated carbocycles. The molecule has 0 bridgehead atoms. The number of hydrogen-bond acceptors (Lipinski definition) is 4. The molecule has 0 spiro atoms. The molecule has 9 rings (SSSR count). The van der Waals surface area contributed by atoms with E-state index in [9.17, 15) is 19.2 Å². The van der Waals surface area contributed by atoms with Crippen molar-refractivity contribution in [2.45, 2.75) is 11.8 Å². The van der Waals surface area contributed by atoms with Crippen LogP contribution in [0.3, 0.4) is 0 Å². The van der Waals surface area contributed by atoms with Gasteiger partial charge in [0.25, 0.3) is 22.2 Å². The largest absolute Gasteiger partial charge is 0.311 e. The molecule has 56 heavy (non-hydrogen) atoms. The number of nitrogens with zero attached hydrogens (tertiary/aromatic N) is 4. The molecule has 8 aliphatic rings. The van der Waals surface area contributed by atoms with E-state index in [1.807, 2.05) is 146 Å². The Morgan fingerprint density at radius 3 is 0.839 bits per heavy atom. The summed E-state index contributed by atoms with van der Waals surface area (Å²) in [5.41, 5.74) is 8.37. The Morgan fingerprint density at radius 1 is 0.321 bits per heavy atom. The van der Waals surface area contributed by atoms with Crippen LogP contribution in [0.25, 0.3) is 45.0 Å². The third-order valence-electron chi connectivity index (χ3n) is 11.5. The van der Waals surface area contributed by atoms with Gasteiger partial charge < -0.3 is 18.3 Å². The van der Waals surface area contributed by atoms with Gasteiger partial charge in [-0.25, -0.2) is 0 Å². The van der Waals surface area contributed by atoms with Gasteiger partial charge in [0.2, 0.25) is 0 Å². The lowest BCUT2D eigenvalue weighted by molar-refractivity contribution is 0.841. The first-order valence-electron chi connectivity index (χ1n) is 18.6. The summed E-state index contributed by atoms with van der Waals surface area (Å²) in [7, 11) is 7.02. The molecule has 8 heteroatoms. The maximum absolute atomic E-state index is 14.6. The second-order valence-corrected chi connectivity index (χ2v) is 14.5. The van der Waals surface area contributed by atoms with E-state index in [-0.39, 0.29) is 22.2 Å². The molecular weight excluding hydrogens is 697 g/mol. The summed E-state index contributed by atoms with van der Waals surface area (Å²) in [6, 6.07) is 46.0. The Balaban J connectivity index is 1.39. The van der Waals surface area contributed by atoms with Gasteiger partial charge in [-0.2, -0.15) is 0 Å². The smallest absolute Gasteiger partial charge is 0.255 e. The van der Waals surface area contributed by atoms with E-state index >= 15 is 0 Å². The topological polar surface area (TPSA) is 88.0 Å². The van der Waals surface area contributed by atoms with Gasteiger partial charge in [-0.3, -0.25) is 19.2 Å². The van der Waals surface area contributed by atoms with Gasteiger partial charge in [-0.05, 0) is 35.4 Å². The predicted octanol–water partition coefficient (Wildman–Crippen LogP) is 7.26. The first-order chi connectivity index (χ1) is 27.2. The van der Waals surface area contributed by atoms with Crippen LogP contribution in [-0.2, 0) is 28.2 Å². The molecule has 274 valence electrons. The second kappa shape index (κ2) is 13.4. The first-order valence-corrected chi connectivity index (χ1v) is 18.6. The van der Waals surface area contributed by atoms with Crippen molar-refractivity contribution >= 4 is 0 Å². The molecule has 8 nitrogen and oxygen atoms in total. The van der Waals surface area contributed by atoms with Crippen LogP contribution in [-0.4, -0.2) is 18.3 Å². The van der Waals surface area contributed by atoms with Crippen molar-refractivity contribution < 1.29 is 0 Å². The van der Waals surface area contributed by atoms with Crippen molar-refractivity contribution in [3.8, 4) is 45.0 Å². The normalized spacial score (nSPS) is 11.8. The number of hydrogen-bond donors (Lipinski definition) is 0. The van der Waals surface area contributed by atoms with Crippen LogP contribution < -0.4 is 22.2 Å². The summed E-state index contributed by atoms with van der Waals surface area (Å²) >= 11 is 0. The zero-order valence-electron chi connectivity index (χ0n) is 31.4. The van der Waals surface area contributed by atoms with E-state index in [1.165, 1.54) is 0 Å². The van der Waals surface area contributed by atoms with Crippen molar-refractivity contribution in [1.82, 2.24) is 18.3 Å². The van der Waals surface area contributed by atoms with Crippen LogP contribution in [0.5, 0.6) is 0 Å². The summed E-state index contributed by atoms with van der Waals surface area (Å²) in [5, 5.41) is 0. The zero-order chi connectivity index (χ0) is 38.8. The lowest BCUT2D eigenvalue weighted by atomic mass is 9.79. The highest BCUT2D eigenvalue weighted by molar-refractivity contribution is 5.77. The summed E-state index contributed by atoms with van der Waals surface area (Å²) in [6.07, 6.45) is 0. The van der Waals surface area contributed by atoms with Crippen LogP contribution in [0.15, 0.2) is 165 Å². The standard InChI is InChI=1S/C48H38N4O4/c1-49-35-24-13-5-9-20-31(35)41(45(49)53)39(42-32-21-10-6-14-25-36(32)50(2)46(42)54)29-18-17-19-30(28-29)40(43-33-22-11-7-15-26-37(33)51(3)47(43)55)44-34-23-12-8-16-27-38(34)52(4)48(44)56/h5-28,39-40H,1-4H3. The van der Waals surface area contributed by atoms with E-state index in [0.717, 1.165) is 45.0 Å².